The van der Waals surface area contributed by atoms with Gasteiger partial charge in [0.15, 0.2) is 0 Å². The van der Waals surface area contributed by atoms with Gasteiger partial charge in [-0.25, -0.2) is 4.79 Å². The van der Waals surface area contributed by atoms with Crippen LogP contribution in [0, 0.1) is 6.92 Å². The van der Waals surface area contributed by atoms with Crippen LogP contribution >= 0.6 is 31.9 Å². The number of hydrogen-bond donors (Lipinski definition) is 2. The van der Waals surface area contributed by atoms with E-state index in [9.17, 15) is 4.79 Å². The number of aromatic nitrogens is 1. The molecule has 0 saturated heterocycles. The summed E-state index contributed by atoms with van der Waals surface area (Å²) in [6.45, 7) is 1.81. The summed E-state index contributed by atoms with van der Waals surface area (Å²) in [6, 6.07) is 7.34. The van der Waals surface area contributed by atoms with Gasteiger partial charge in [-0.05, 0) is 47.1 Å². The van der Waals surface area contributed by atoms with Gasteiger partial charge in [-0.1, -0.05) is 15.9 Å². The van der Waals surface area contributed by atoms with E-state index in [1.165, 1.54) is 6.20 Å². The van der Waals surface area contributed by atoms with Gasteiger partial charge in [-0.15, -0.1) is 0 Å². The summed E-state index contributed by atoms with van der Waals surface area (Å²) in [4.78, 5) is 15.2. The highest BCUT2D eigenvalue weighted by Crippen LogP contribution is 2.30. The van der Waals surface area contributed by atoms with E-state index in [-0.39, 0.29) is 5.56 Å². The van der Waals surface area contributed by atoms with Crippen LogP contribution in [0.1, 0.15) is 16.1 Å². The zero-order valence-corrected chi connectivity index (χ0v) is 13.1. The second-order valence-corrected chi connectivity index (χ2v) is 5.70. The zero-order valence-electron chi connectivity index (χ0n) is 9.95. The van der Waals surface area contributed by atoms with Crippen molar-refractivity contribution in [2.24, 2.45) is 0 Å². The van der Waals surface area contributed by atoms with Crippen LogP contribution in [0.4, 0.5) is 11.4 Å². The number of nitrogens with one attached hydrogen (secondary N) is 1. The molecule has 6 heteroatoms. The quantitative estimate of drug-likeness (QED) is 0.824. The topological polar surface area (TPSA) is 62.2 Å². The first-order valence-corrected chi connectivity index (χ1v) is 6.98. The number of nitrogens with zero attached hydrogens (tertiary/aromatic N) is 1. The van der Waals surface area contributed by atoms with Gasteiger partial charge in [0.2, 0.25) is 0 Å². The first kappa shape index (κ1) is 14.0. The Labute approximate surface area is 127 Å². The average molecular weight is 386 g/mol. The van der Waals surface area contributed by atoms with Crippen LogP contribution in [0.25, 0.3) is 0 Å². The van der Waals surface area contributed by atoms with Gasteiger partial charge in [-0.3, -0.25) is 4.98 Å². The number of rotatable bonds is 3. The molecule has 2 rings (SSSR count). The van der Waals surface area contributed by atoms with Crippen LogP contribution in [-0.2, 0) is 0 Å². The molecule has 0 aliphatic heterocycles. The summed E-state index contributed by atoms with van der Waals surface area (Å²) in [6.07, 6.45) is 1.35. The molecular formula is C13H10Br2N2O2. The van der Waals surface area contributed by atoms with E-state index in [0.717, 1.165) is 20.3 Å². The molecule has 0 radical (unpaired) electrons. The van der Waals surface area contributed by atoms with Gasteiger partial charge in [-0.2, -0.15) is 0 Å². The number of halogens is 2. The Morgan fingerprint density at radius 3 is 2.68 bits per heavy atom. The molecule has 1 aromatic heterocycles. The molecule has 4 nitrogen and oxygen atoms in total. The van der Waals surface area contributed by atoms with Crippen molar-refractivity contribution < 1.29 is 9.90 Å². The molecule has 0 saturated carbocycles. The lowest BCUT2D eigenvalue weighted by Crippen LogP contribution is -2.04. The van der Waals surface area contributed by atoms with Crippen LogP contribution in [0.2, 0.25) is 0 Å². The molecule has 0 spiro atoms. The molecule has 1 heterocycles. The number of anilines is 2. The summed E-state index contributed by atoms with van der Waals surface area (Å²) >= 11 is 6.80. The highest BCUT2D eigenvalue weighted by molar-refractivity contribution is 9.11. The number of aromatic carboxylic acids is 1. The van der Waals surface area contributed by atoms with Crippen molar-refractivity contribution in [2.75, 3.05) is 5.32 Å². The monoisotopic (exact) mass is 384 g/mol. The molecule has 1 aromatic carbocycles. The van der Waals surface area contributed by atoms with Crippen LogP contribution in [-0.4, -0.2) is 16.1 Å². The normalized spacial score (nSPS) is 10.3. The van der Waals surface area contributed by atoms with Crippen LogP contribution in [0.5, 0.6) is 0 Å². The second-order valence-electron chi connectivity index (χ2n) is 3.93. The fourth-order valence-electron chi connectivity index (χ4n) is 1.57. The van der Waals surface area contributed by atoms with Crippen molar-refractivity contribution in [3.05, 3.63) is 50.7 Å². The van der Waals surface area contributed by atoms with E-state index in [4.69, 9.17) is 5.11 Å². The Kier molecular flexibility index (Phi) is 4.21. The third-order valence-electron chi connectivity index (χ3n) is 2.47. The number of carboxylic acid groups (broad SMARTS) is 1. The van der Waals surface area contributed by atoms with E-state index < -0.39 is 5.97 Å². The van der Waals surface area contributed by atoms with Gasteiger partial charge in [0.25, 0.3) is 0 Å². The van der Waals surface area contributed by atoms with Crippen molar-refractivity contribution in [3.8, 4) is 0 Å². The number of aryl methyl sites for hydroxylation is 1. The SMILES string of the molecule is Cc1cc(Nc2cc(Br)ccc2Br)c(C(=O)O)cn1. The molecule has 0 aliphatic rings. The third-order valence-corrected chi connectivity index (χ3v) is 3.65. The first-order valence-electron chi connectivity index (χ1n) is 5.39. The molecule has 0 atom stereocenters. The molecule has 0 aliphatic carbocycles. The van der Waals surface area contributed by atoms with Gasteiger partial charge in [0.05, 0.1) is 11.4 Å². The molecule has 0 bridgehead atoms. The van der Waals surface area contributed by atoms with Crippen LogP contribution in [0.15, 0.2) is 39.4 Å². The Morgan fingerprint density at radius 2 is 2.00 bits per heavy atom. The minimum absolute atomic E-state index is 0.137. The maximum atomic E-state index is 11.2. The minimum Gasteiger partial charge on any atom is -0.478 e. The summed E-state index contributed by atoms with van der Waals surface area (Å²) in [5.74, 6) is -1.01. The Morgan fingerprint density at radius 1 is 1.26 bits per heavy atom. The molecule has 2 aromatic rings. The molecule has 0 unspecified atom stereocenters. The predicted octanol–water partition coefficient (Wildman–Crippen LogP) is 4.36. The maximum Gasteiger partial charge on any atom is 0.339 e. The summed E-state index contributed by atoms with van der Waals surface area (Å²) < 4.78 is 1.75. The van der Waals surface area contributed by atoms with E-state index in [0.29, 0.717) is 5.69 Å². The first-order chi connectivity index (χ1) is 8.97. The number of carboxylic acids is 1. The van der Waals surface area contributed by atoms with Gasteiger partial charge < -0.3 is 10.4 Å². The maximum absolute atomic E-state index is 11.2. The molecule has 2 N–H and O–H groups in total. The molecule has 0 amide bonds. The number of carbonyl (C=O) groups is 1. The van der Waals surface area contributed by atoms with Gasteiger partial charge >= 0.3 is 5.97 Å². The number of hydrogen-bond acceptors (Lipinski definition) is 3. The fraction of sp³-hybridized carbons (Fsp3) is 0.0769. The van der Waals surface area contributed by atoms with E-state index in [2.05, 4.69) is 42.2 Å². The lowest BCUT2D eigenvalue weighted by atomic mass is 10.2. The molecule has 19 heavy (non-hydrogen) atoms. The predicted molar refractivity (Wildman–Crippen MR) is 81.1 cm³/mol. The van der Waals surface area contributed by atoms with E-state index in [1.54, 1.807) is 6.07 Å². The lowest BCUT2D eigenvalue weighted by Gasteiger charge is -2.12. The van der Waals surface area contributed by atoms with Crippen molar-refractivity contribution in [1.29, 1.82) is 0 Å². The summed E-state index contributed by atoms with van der Waals surface area (Å²) in [5.41, 5.74) is 2.18. The second kappa shape index (κ2) is 5.71. The molecular weight excluding hydrogens is 376 g/mol. The molecule has 98 valence electrons. The van der Waals surface area contributed by atoms with E-state index >= 15 is 0 Å². The average Bonchev–Trinajstić information content (AvgIpc) is 2.33. The third kappa shape index (κ3) is 3.33. The van der Waals surface area contributed by atoms with Crippen molar-refractivity contribution in [2.45, 2.75) is 6.92 Å². The highest BCUT2D eigenvalue weighted by atomic mass is 79.9. The fourth-order valence-corrected chi connectivity index (χ4v) is 2.28. The Hall–Kier alpha value is -1.40. The molecule has 0 fully saturated rings. The lowest BCUT2D eigenvalue weighted by molar-refractivity contribution is 0.0697. The minimum atomic E-state index is -1.01. The van der Waals surface area contributed by atoms with Gasteiger partial charge in [0, 0.05) is 20.8 Å². The summed E-state index contributed by atoms with van der Waals surface area (Å²) in [7, 11) is 0. The van der Waals surface area contributed by atoms with E-state index in [1.807, 2.05) is 25.1 Å². The summed E-state index contributed by atoms with van der Waals surface area (Å²) in [5, 5.41) is 12.3. The highest BCUT2D eigenvalue weighted by Gasteiger charge is 2.12. The van der Waals surface area contributed by atoms with Crippen molar-refractivity contribution in [1.82, 2.24) is 4.98 Å². The number of benzene rings is 1. The Balaban J connectivity index is 2.45. The van der Waals surface area contributed by atoms with Crippen LogP contribution in [0.3, 0.4) is 0 Å². The van der Waals surface area contributed by atoms with Crippen molar-refractivity contribution in [3.63, 3.8) is 0 Å². The standard InChI is InChI=1S/C13H10Br2N2O2/c1-7-4-11(9(6-16-7)13(18)19)17-12-5-8(14)2-3-10(12)15/h2-6H,1H3,(H,16,17)(H,18,19). The smallest absolute Gasteiger partial charge is 0.339 e. The zero-order chi connectivity index (χ0) is 14.0. The van der Waals surface area contributed by atoms with Crippen molar-refractivity contribution >= 4 is 49.2 Å². The largest absolute Gasteiger partial charge is 0.478 e. The Bertz CT molecular complexity index is 645. The number of pyridine rings is 1. The van der Waals surface area contributed by atoms with Crippen LogP contribution < -0.4 is 5.32 Å². The van der Waals surface area contributed by atoms with Gasteiger partial charge in [0.1, 0.15) is 5.56 Å².